The summed E-state index contributed by atoms with van der Waals surface area (Å²) in [6.07, 6.45) is 1.57. The van der Waals surface area contributed by atoms with Crippen molar-refractivity contribution in [3.8, 4) is 0 Å². The zero-order valence-electron chi connectivity index (χ0n) is 4.31. The fraction of sp³-hybridized carbons (Fsp3) is 0.600. The van der Waals surface area contributed by atoms with Gasteiger partial charge in [0.15, 0.2) is 0 Å². The summed E-state index contributed by atoms with van der Waals surface area (Å²) in [5, 5.41) is 0. The third kappa shape index (κ3) is 3.67. The molecule has 0 aromatic rings. The largest absolute Gasteiger partial charge is 0.295 e. The van der Waals surface area contributed by atoms with E-state index >= 15 is 0 Å². The number of nitrogens with zero attached hydrogens (tertiary/aromatic N) is 1. The van der Waals surface area contributed by atoms with Crippen molar-refractivity contribution in [1.29, 1.82) is 0 Å². The van der Waals surface area contributed by atoms with Crippen LogP contribution in [-0.2, 0) is 0 Å². The first-order chi connectivity index (χ1) is 2.77. The lowest BCUT2D eigenvalue weighted by molar-refractivity contribution is 0.842. The average Bonchev–Trinajstić information content (AvgIpc) is 1.35. The van der Waals surface area contributed by atoms with Gasteiger partial charge in [-0.3, -0.25) is 4.99 Å². The number of hydrogen-bond acceptors (Lipinski definition) is 1. The first kappa shape index (κ1) is 5.67. The van der Waals surface area contributed by atoms with E-state index in [1.807, 2.05) is 13.8 Å². The van der Waals surface area contributed by atoms with Gasteiger partial charge in [-0.15, -0.1) is 0 Å². The summed E-state index contributed by atoms with van der Waals surface area (Å²) in [7, 11) is 0. The van der Waals surface area contributed by atoms with Crippen molar-refractivity contribution in [2.75, 3.05) is 0 Å². The molecule has 0 aliphatic rings. The maximum absolute atomic E-state index is 3.89. The molecule has 1 radical (unpaired) electrons. The summed E-state index contributed by atoms with van der Waals surface area (Å²) in [5.74, 6) is 0. The van der Waals surface area contributed by atoms with Crippen molar-refractivity contribution in [2.45, 2.75) is 19.9 Å². The van der Waals surface area contributed by atoms with Crippen LogP contribution in [0.1, 0.15) is 13.8 Å². The minimum atomic E-state index is 0.405. The lowest BCUT2D eigenvalue weighted by Crippen LogP contribution is -1.85. The Morgan fingerprint density at radius 3 is 2.17 bits per heavy atom. The van der Waals surface area contributed by atoms with E-state index in [2.05, 4.69) is 11.9 Å². The van der Waals surface area contributed by atoms with Crippen molar-refractivity contribution in [2.24, 2.45) is 4.99 Å². The van der Waals surface area contributed by atoms with Gasteiger partial charge in [0.2, 0.25) is 0 Å². The molecule has 0 aromatic heterocycles. The van der Waals surface area contributed by atoms with E-state index in [0.717, 1.165) is 0 Å². The molecule has 0 N–H and O–H groups in total. The van der Waals surface area contributed by atoms with E-state index in [-0.39, 0.29) is 0 Å². The molecule has 35 valence electrons. The fourth-order valence-electron chi connectivity index (χ4n) is 0.211. The Balaban J connectivity index is 3.03. The van der Waals surface area contributed by atoms with Crippen LogP contribution in [-0.4, -0.2) is 12.3 Å². The van der Waals surface area contributed by atoms with Gasteiger partial charge in [0, 0.05) is 6.04 Å². The van der Waals surface area contributed by atoms with Crippen LogP contribution in [0.3, 0.4) is 0 Å². The maximum Gasteiger partial charge on any atom is 0.0439 e. The van der Waals surface area contributed by atoms with Gasteiger partial charge in [-0.1, -0.05) is 0 Å². The van der Waals surface area contributed by atoms with Gasteiger partial charge in [-0.2, -0.15) is 0 Å². The Bertz CT molecular complexity index is 45.9. The van der Waals surface area contributed by atoms with Crippen molar-refractivity contribution in [3.05, 3.63) is 6.92 Å². The first-order valence-electron chi connectivity index (χ1n) is 2.08. The molecule has 1 heteroatoms. The lowest BCUT2D eigenvalue weighted by atomic mass is 10.4. The van der Waals surface area contributed by atoms with Gasteiger partial charge in [0.05, 0.1) is 0 Å². The van der Waals surface area contributed by atoms with E-state index in [9.17, 15) is 0 Å². The van der Waals surface area contributed by atoms with Crippen molar-refractivity contribution < 1.29 is 0 Å². The number of aliphatic imine (C=N–C) groups is 1. The van der Waals surface area contributed by atoms with Crippen LogP contribution in [0.25, 0.3) is 0 Å². The predicted octanol–water partition coefficient (Wildman–Crippen LogP) is 1.30. The average molecular weight is 84.1 g/mol. The van der Waals surface area contributed by atoms with Crippen LogP contribution in [0.2, 0.25) is 0 Å². The quantitative estimate of drug-likeness (QED) is 0.425. The summed E-state index contributed by atoms with van der Waals surface area (Å²) < 4.78 is 0. The second-order valence-electron chi connectivity index (χ2n) is 1.43. The van der Waals surface area contributed by atoms with Gasteiger partial charge in [-0.05, 0) is 27.0 Å². The maximum atomic E-state index is 3.89. The number of rotatable bonds is 1. The van der Waals surface area contributed by atoms with Crippen molar-refractivity contribution >= 4 is 6.21 Å². The normalized spacial score (nSPS) is 11.3. The molecule has 0 aliphatic heterocycles. The molecule has 0 spiro atoms. The Morgan fingerprint density at radius 2 is 2.17 bits per heavy atom. The highest BCUT2D eigenvalue weighted by molar-refractivity contribution is 5.61. The zero-order valence-corrected chi connectivity index (χ0v) is 4.31. The highest BCUT2D eigenvalue weighted by atomic mass is 14.7. The Labute approximate surface area is 39.1 Å². The summed E-state index contributed by atoms with van der Waals surface area (Å²) in [5.41, 5.74) is 0. The van der Waals surface area contributed by atoms with E-state index in [1.165, 1.54) is 0 Å². The van der Waals surface area contributed by atoms with Crippen molar-refractivity contribution in [1.82, 2.24) is 0 Å². The third-order valence-corrected chi connectivity index (χ3v) is 0.404. The van der Waals surface area contributed by atoms with Gasteiger partial charge >= 0.3 is 0 Å². The second kappa shape index (κ2) is 2.88. The molecule has 0 bridgehead atoms. The second-order valence-corrected chi connectivity index (χ2v) is 1.43. The molecule has 6 heavy (non-hydrogen) atoms. The minimum absolute atomic E-state index is 0.405. The smallest absolute Gasteiger partial charge is 0.0439 e. The molecule has 0 saturated carbocycles. The lowest BCUT2D eigenvalue weighted by Gasteiger charge is -1.87. The van der Waals surface area contributed by atoms with Gasteiger partial charge in [0.25, 0.3) is 0 Å². The number of hydrogen-bond donors (Lipinski definition) is 0. The van der Waals surface area contributed by atoms with Crippen molar-refractivity contribution in [3.63, 3.8) is 0 Å². The highest BCUT2D eigenvalue weighted by Crippen LogP contribution is 1.80. The summed E-state index contributed by atoms with van der Waals surface area (Å²) in [4.78, 5) is 3.89. The van der Waals surface area contributed by atoms with Crippen LogP contribution >= 0.6 is 0 Å². The molecule has 0 fully saturated rings. The standard InChI is InChI=1S/C5H10N/c1-4-6-5(2)3/h4-5H,1H2,2-3H3. The van der Waals surface area contributed by atoms with Crippen LogP contribution in [0.15, 0.2) is 4.99 Å². The third-order valence-electron chi connectivity index (χ3n) is 0.404. The predicted molar refractivity (Wildman–Crippen MR) is 29.0 cm³/mol. The van der Waals surface area contributed by atoms with Gasteiger partial charge in [0.1, 0.15) is 0 Å². The van der Waals surface area contributed by atoms with E-state index in [4.69, 9.17) is 0 Å². The summed E-state index contributed by atoms with van der Waals surface area (Å²) in [6, 6.07) is 0.405. The van der Waals surface area contributed by atoms with Crippen LogP contribution in [0.5, 0.6) is 0 Å². The molecular formula is C5H10N. The van der Waals surface area contributed by atoms with E-state index in [0.29, 0.717) is 6.04 Å². The summed E-state index contributed by atoms with van der Waals surface area (Å²) in [6.45, 7) is 7.47. The molecule has 0 aliphatic carbocycles. The summed E-state index contributed by atoms with van der Waals surface area (Å²) >= 11 is 0. The molecular weight excluding hydrogens is 74.1 g/mol. The molecule has 0 aromatic carbocycles. The van der Waals surface area contributed by atoms with E-state index < -0.39 is 0 Å². The SMILES string of the molecule is [CH2]C=NC(C)C. The Morgan fingerprint density at radius 1 is 1.67 bits per heavy atom. The topological polar surface area (TPSA) is 12.4 Å². The zero-order chi connectivity index (χ0) is 4.99. The molecule has 0 heterocycles. The molecule has 0 rings (SSSR count). The molecule has 0 atom stereocenters. The highest BCUT2D eigenvalue weighted by Gasteiger charge is 1.76. The van der Waals surface area contributed by atoms with Crippen LogP contribution < -0.4 is 0 Å². The van der Waals surface area contributed by atoms with Gasteiger partial charge in [-0.25, -0.2) is 0 Å². The molecule has 0 saturated heterocycles. The Kier molecular flexibility index (Phi) is 2.73. The Hall–Kier alpha value is -0.330. The van der Waals surface area contributed by atoms with E-state index in [1.54, 1.807) is 6.21 Å². The fourth-order valence-corrected chi connectivity index (χ4v) is 0.211. The van der Waals surface area contributed by atoms with Crippen LogP contribution in [0, 0.1) is 6.92 Å². The molecule has 0 amide bonds. The minimum Gasteiger partial charge on any atom is -0.295 e. The monoisotopic (exact) mass is 84.1 g/mol. The van der Waals surface area contributed by atoms with Gasteiger partial charge < -0.3 is 0 Å². The van der Waals surface area contributed by atoms with Crippen LogP contribution in [0.4, 0.5) is 0 Å². The molecule has 0 unspecified atom stereocenters. The first-order valence-corrected chi connectivity index (χ1v) is 2.08. The molecule has 1 nitrogen and oxygen atoms in total.